The molecule has 2 rings (SSSR count). The molecule has 0 radical (unpaired) electrons. The lowest BCUT2D eigenvalue weighted by atomic mass is 9.85. The first-order chi connectivity index (χ1) is 10.9. The van der Waals surface area contributed by atoms with Gasteiger partial charge >= 0.3 is 0 Å². The second kappa shape index (κ2) is 7.39. The molecule has 1 heterocycles. The molecule has 0 saturated heterocycles. The summed E-state index contributed by atoms with van der Waals surface area (Å²) in [5.41, 5.74) is 0.603. The fourth-order valence-corrected chi connectivity index (χ4v) is 2.99. The maximum Gasteiger partial charge on any atom is 0.290 e. The molecule has 0 spiro atoms. The van der Waals surface area contributed by atoms with E-state index in [0.717, 1.165) is 25.7 Å². The number of nitrogens with zero attached hydrogens (tertiary/aromatic N) is 2. The van der Waals surface area contributed by atoms with Gasteiger partial charge in [0.15, 0.2) is 0 Å². The third-order valence-electron chi connectivity index (χ3n) is 4.11. The van der Waals surface area contributed by atoms with E-state index >= 15 is 0 Å². The maximum atomic E-state index is 12.2. The fourth-order valence-electron chi connectivity index (χ4n) is 2.99. The molecule has 0 aliphatic heterocycles. The maximum absolute atomic E-state index is 12.2. The van der Waals surface area contributed by atoms with Crippen molar-refractivity contribution in [3.05, 3.63) is 27.9 Å². The van der Waals surface area contributed by atoms with Crippen molar-refractivity contribution in [3.8, 4) is 0 Å². The average Bonchev–Trinajstić information content (AvgIpc) is 2.46. The number of hydrogen-bond donors (Lipinski definition) is 2. The lowest BCUT2D eigenvalue weighted by Crippen LogP contribution is -2.40. The van der Waals surface area contributed by atoms with Crippen molar-refractivity contribution in [2.24, 2.45) is 5.92 Å². The zero-order valence-electron chi connectivity index (χ0n) is 13.8. The molecule has 1 aromatic heterocycles. The zero-order chi connectivity index (χ0) is 17.0. The third kappa shape index (κ3) is 4.64. The van der Waals surface area contributed by atoms with Crippen molar-refractivity contribution < 1.29 is 9.72 Å². The topological polar surface area (TPSA) is 97.2 Å². The van der Waals surface area contributed by atoms with Crippen molar-refractivity contribution in [2.75, 3.05) is 5.32 Å². The number of anilines is 1. The summed E-state index contributed by atoms with van der Waals surface area (Å²) in [6.45, 7) is 5.62. The van der Waals surface area contributed by atoms with E-state index in [-0.39, 0.29) is 29.6 Å². The van der Waals surface area contributed by atoms with Crippen LogP contribution < -0.4 is 10.6 Å². The summed E-state index contributed by atoms with van der Waals surface area (Å²) in [5.74, 6) is 0.755. The van der Waals surface area contributed by atoms with E-state index in [4.69, 9.17) is 0 Å². The Bertz CT molecular complexity index is 589. The molecule has 126 valence electrons. The number of pyridine rings is 1. The van der Waals surface area contributed by atoms with Gasteiger partial charge in [-0.05, 0) is 46.1 Å². The van der Waals surface area contributed by atoms with Gasteiger partial charge in [0.1, 0.15) is 12.0 Å². The van der Waals surface area contributed by atoms with Gasteiger partial charge < -0.3 is 10.6 Å². The highest BCUT2D eigenvalue weighted by atomic mass is 16.6. The van der Waals surface area contributed by atoms with E-state index in [2.05, 4.69) is 15.6 Å². The molecular formula is C16H24N4O3. The molecule has 1 aliphatic carbocycles. The van der Waals surface area contributed by atoms with E-state index < -0.39 is 4.92 Å². The Hall–Kier alpha value is -2.18. The lowest BCUT2D eigenvalue weighted by Gasteiger charge is -2.30. The van der Waals surface area contributed by atoms with Crippen molar-refractivity contribution >= 4 is 17.4 Å². The van der Waals surface area contributed by atoms with E-state index in [1.165, 1.54) is 6.20 Å². The summed E-state index contributed by atoms with van der Waals surface area (Å²) in [6, 6.07) is 2.01. The van der Waals surface area contributed by atoms with Crippen LogP contribution in [0.1, 0.15) is 45.1 Å². The van der Waals surface area contributed by atoms with Crippen molar-refractivity contribution in [2.45, 2.75) is 58.5 Å². The monoisotopic (exact) mass is 320 g/mol. The predicted octanol–water partition coefficient (Wildman–Crippen LogP) is 2.79. The first kappa shape index (κ1) is 17.2. The van der Waals surface area contributed by atoms with E-state index in [0.29, 0.717) is 11.4 Å². The van der Waals surface area contributed by atoms with Crippen LogP contribution in [0, 0.1) is 23.0 Å². The van der Waals surface area contributed by atoms with E-state index in [1.54, 1.807) is 13.0 Å². The highest BCUT2D eigenvalue weighted by molar-refractivity contribution is 5.79. The summed E-state index contributed by atoms with van der Waals surface area (Å²) in [5, 5.41) is 17.1. The van der Waals surface area contributed by atoms with E-state index in [1.807, 2.05) is 13.8 Å². The predicted molar refractivity (Wildman–Crippen MR) is 88.3 cm³/mol. The molecular weight excluding hydrogens is 296 g/mol. The lowest BCUT2D eigenvalue weighted by molar-refractivity contribution is -0.385. The highest BCUT2D eigenvalue weighted by Crippen LogP contribution is 2.27. The molecule has 1 saturated carbocycles. The number of nitrogens with one attached hydrogen (secondary N) is 2. The number of hydrogen-bond acceptors (Lipinski definition) is 5. The van der Waals surface area contributed by atoms with Gasteiger partial charge in [0.25, 0.3) is 5.69 Å². The molecule has 23 heavy (non-hydrogen) atoms. The van der Waals surface area contributed by atoms with Crippen LogP contribution in [-0.2, 0) is 4.79 Å². The molecule has 2 unspecified atom stereocenters. The second-order valence-corrected chi connectivity index (χ2v) is 6.48. The number of carbonyl (C=O) groups excluding carboxylic acids is 1. The minimum absolute atomic E-state index is 0.0165. The highest BCUT2D eigenvalue weighted by Gasteiger charge is 2.27. The first-order valence-electron chi connectivity index (χ1n) is 8.04. The Morgan fingerprint density at radius 2 is 2.17 bits per heavy atom. The molecule has 1 fully saturated rings. The summed E-state index contributed by atoms with van der Waals surface area (Å²) < 4.78 is 0. The van der Waals surface area contributed by atoms with Gasteiger partial charge in [-0.2, -0.15) is 0 Å². The van der Waals surface area contributed by atoms with Crippen LogP contribution in [0.25, 0.3) is 0 Å². The molecule has 0 bridgehead atoms. The second-order valence-electron chi connectivity index (χ2n) is 6.48. The number of aromatic nitrogens is 1. The Labute approximate surface area is 136 Å². The van der Waals surface area contributed by atoms with Gasteiger partial charge in [-0.25, -0.2) is 4.98 Å². The van der Waals surface area contributed by atoms with Crippen molar-refractivity contribution in [1.82, 2.24) is 10.3 Å². The minimum Gasteiger partial charge on any atom is -0.367 e. The third-order valence-corrected chi connectivity index (χ3v) is 4.11. The number of rotatable bonds is 5. The molecule has 7 nitrogen and oxygen atoms in total. The zero-order valence-corrected chi connectivity index (χ0v) is 13.8. The molecule has 1 aliphatic rings. The number of aryl methyl sites for hydroxylation is 1. The average molecular weight is 320 g/mol. The van der Waals surface area contributed by atoms with Gasteiger partial charge in [0.2, 0.25) is 5.91 Å². The van der Waals surface area contributed by atoms with Crippen LogP contribution in [0.4, 0.5) is 11.5 Å². The van der Waals surface area contributed by atoms with Gasteiger partial charge in [0, 0.05) is 23.6 Å². The summed E-state index contributed by atoms with van der Waals surface area (Å²) >= 11 is 0. The number of carbonyl (C=O) groups is 1. The standard InChI is InChI=1S/C16H24N4O3/c1-10(2)18-16(21)12-5-4-6-13(8-12)19-15-7-11(3)14(9-17-15)20(22)23/h7,9-10,12-13H,4-6,8H2,1-3H3,(H,17,19)(H,18,21). The Balaban J connectivity index is 1.98. The van der Waals surface area contributed by atoms with Crippen LogP contribution >= 0.6 is 0 Å². The smallest absolute Gasteiger partial charge is 0.290 e. The molecule has 2 N–H and O–H groups in total. The van der Waals surface area contributed by atoms with Crippen molar-refractivity contribution in [3.63, 3.8) is 0 Å². The van der Waals surface area contributed by atoms with Gasteiger partial charge in [-0.15, -0.1) is 0 Å². The molecule has 7 heteroatoms. The van der Waals surface area contributed by atoms with Crippen LogP contribution in [0.15, 0.2) is 12.3 Å². The van der Waals surface area contributed by atoms with Gasteiger partial charge in [-0.1, -0.05) is 6.42 Å². The summed E-state index contributed by atoms with van der Waals surface area (Å²) in [4.78, 5) is 26.7. The fraction of sp³-hybridized carbons (Fsp3) is 0.625. The quantitative estimate of drug-likeness (QED) is 0.642. The molecule has 1 aromatic rings. The van der Waals surface area contributed by atoms with Crippen LogP contribution in [-0.4, -0.2) is 27.9 Å². The molecule has 0 aromatic carbocycles. The Morgan fingerprint density at radius 1 is 1.43 bits per heavy atom. The SMILES string of the molecule is Cc1cc(NC2CCCC(C(=O)NC(C)C)C2)ncc1[N+](=O)[O-]. The Morgan fingerprint density at radius 3 is 2.78 bits per heavy atom. The van der Waals surface area contributed by atoms with Gasteiger partial charge in [0.05, 0.1) is 4.92 Å². The van der Waals surface area contributed by atoms with Crippen LogP contribution in [0.3, 0.4) is 0 Å². The summed E-state index contributed by atoms with van der Waals surface area (Å²) in [6.07, 6.45) is 4.91. The summed E-state index contributed by atoms with van der Waals surface area (Å²) in [7, 11) is 0. The molecule has 2 atom stereocenters. The van der Waals surface area contributed by atoms with Crippen LogP contribution in [0.5, 0.6) is 0 Å². The largest absolute Gasteiger partial charge is 0.367 e. The number of nitro groups is 1. The first-order valence-corrected chi connectivity index (χ1v) is 8.04. The van der Waals surface area contributed by atoms with Crippen LogP contribution in [0.2, 0.25) is 0 Å². The van der Waals surface area contributed by atoms with Crippen molar-refractivity contribution in [1.29, 1.82) is 0 Å². The number of amides is 1. The van der Waals surface area contributed by atoms with E-state index in [9.17, 15) is 14.9 Å². The normalized spacial score (nSPS) is 21.0. The molecule has 1 amide bonds. The minimum atomic E-state index is -0.432. The Kier molecular flexibility index (Phi) is 5.52. The van der Waals surface area contributed by atoms with Gasteiger partial charge in [-0.3, -0.25) is 14.9 Å².